The Hall–Kier alpha value is -2.43. The van der Waals surface area contributed by atoms with E-state index in [0.717, 1.165) is 11.3 Å². The highest BCUT2D eigenvalue weighted by atomic mass is 16.5. The lowest BCUT2D eigenvalue weighted by atomic mass is 9.84. The molecule has 0 amide bonds. The second-order valence-electron chi connectivity index (χ2n) is 6.05. The maximum Gasteiger partial charge on any atom is 0.226 e. The fourth-order valence-electron chi connectivity index (χ4n) is 3.22. The Kier molecular flexibility index (Phi) is 4.55. The third-order valence-corrected chi connectivity index (χ3v) is 4.44. The summed E-state index contributed by atoms with van der Waals surface area (Å²) in [5.74, 6) is 1.89. The summed E-state index contributed by atoms with van der Waals surface area (Å²) in [5, 5.41) is 7.44. The number of nitrogens with two attached hydrogens (primary N) is 1. The highest BCUT2D eigenvalue weighted by Gasteiger charge is 2.23. The first kappa shape index (κ1) is 15.5. The monoisotopic (exact) mass is 310 g/mol. The average Bonchev–Trinajstić information content (AvgIpc) is 2.56. The van der Waals surface area contributed by atoms with Gasteiger partial charge in [-0.3, -0.25) is 5.41 Å². The maximum atomic E-state index is 7.44. The van der Waals surface area contributed by atoms with E-state index in [4.69, 9.17) is 15.9 Å². The molecule has 0 saturated heterocycles. The molecule has 1 aliphatic carbocycles. The first-order valence-electron chi connectivity index (χ1n) is 8.09. The molecule has 1 heterocycles. The van der Waals surface area contributed by atoms with Gasteiger partial charge in [0, 0.05) is 16.8 Å². The van der Waals surface area contributed by atoms with Crippen LogP contribution in [0, 0.1) is 12.3 Å². The number of amidine groups is 1. The van der Waals surface area contributed by atoms with Crippen molar-refractivity contribution < 1.29 is 4.74 Å². The van der Waals surface area contributed by atoms with Crippen molar-refractivity contribution in [2.24, 2.45) is 5.73 Å². The molecule has 0 atom stereocenters. The van der Waals surface area contributed by atoms with Crippen molar-refractivity contribution in [2.45, 2.75) is 44.9 Å². The minimum absolute atomic E-state index is 0.0531. The Labute approximate surface area is 136 Å². The molecular weight excluding hydrogens is 288 g/mol. The minimum atomic E-state index is 0.0531. The largest absolute Gasteiger partial charge is 0.439 e. The van der Waals surface area contributed by atoms with Crippen LogP contribution in [0.25, 0.3) is 0 Å². The molecule has 5 nitrogen and oxygen atoms in total. The Bertz CT molecular complexity index is 691. The number of hydrogen-bond acceptors (Lipinski definition) is 4. The normalized spacial score (nSPS) is 15.3. The van der Waals surface area contributed by atoms with Crippen molar-refractivity contribution in [3.63, 3.8) is 0 Å². The Morgan fingerprint density at radius 3 is 2.48 bits per heavy atom. The first-order valence-corrected chi connectivity index (χ1v) is 8.09. The van der Waals surface area contributed by atoms with Crippen LogP contribution < -0.4 is 10.5 Å². The molecular formula is C18H22N4O. The Balaban J connectivity index is 1.87. The third kappa shape index (κ3) is 3.50. The average molecular weight is 310 g/mol. The van der Waals surface area contributed by atoms with Gasteiger partial charge in [0.25, 0.3) is 0 Å². The number of nitrogens with one attached hydrogen (secondary N) is 1. The van der Waals surface area contributed by atoms with Gasteiger partial charge >= 0.3 is 0 Å². The molecule has 1 aliphatic rings. The van der Waals surface area contributed by atoms with Crippen molar-refractivity contribution in [3.05, 3.63) is 47.4 Å². The highest BCUT2D eigenvalue weighted by molar-refractivity contribution is 5.94. The predicted molar refractivity (Wildman–Crippen MR) is 90.1 cm³/mol. The van der Waals surface area contributed by atoms with Crippen molar-refractivity contribution >= 4 is 5.84 Å². The summed E-state index contributed by atoms with van der Waals surface area (Å²) in [5.41, 5.74) is 8.31. The van der Waals surface area contributed by atoms with Gasteiger partial charge in [0.2, 0.25) is 5.88 Å². The summed E-state index contributed by atoms with van der Waals surface area (Å²) in [7, 11) is 0. The van der Waals surface area contributed by atoms with Gasteiger partial charge in [0.15, 0.2) is 0 Å². The van der Waals surface area contributed by atoms with Crippen molar-refractivity contribution in [1.29, 1.82) is 5.41 Å². The van der Waals surface area contributed by atoms with E-state index in [1.54, 1.807) is 18.5 Å². The second-order valence-corrected chi connectivity index (χ2v) is 6.05. The summed E-state index contributed by atoms with van der Waals surface area (Å²) in [4.78, 5) is 8.73. The standard InChI is InChI=1S/C18H22N4O/c1-12-16(13-5-3-2-4-6-13)18(22-11-21-12)23-15-9-7-14(8-10-15)17(19)20/h7-11,13H,2-6H2,1H3,(H3,19,20). The quantitative estimate of drug-likeness (QED) is 0.662. The molecule has 120 valence electrons. The van der Waals surface area contributed by atoms with E-state index in [-0.39, 0.29) is 5.84 Å². The van der Waals surface area contributed by atoms with Crippen LogP contribution in [0.2, 0.25) is 0 Å². The number of benzene rings is 1. The van der Waals surface area contributed by atoms with Gasteiger partial charge in [-0.25, -0.2) is 9.97 Å². The molecule has 1 aromatic heterocycles. The van der Waals surface area contributed by atoms with E-state index < -0.39 is 0 Å². The predicted octanol–water partition coefficient (Wildman–Crippen LogP) is 3.91. The van der Waals surface area contributed by atoms with E-state index in [1.807, 2.05) is 19.1 Å². The Morgan fingerprint density at radius 2 is 1.83 bits per heavy atom. The zero-order chi connectivity index (χ0) is 16.2. The fraction of sp³-hybridized carbons (Fsp3) is 0.389. The van der Waals surface area contributed by atoms with Crippen molar-refractivity contribution in [1.82, 2.24) is 9.97 Å². The molecule has 1 saturated carbocycles. The van der Waals surface area contributed by atoms with Gasteiger partial charge in [-0.05, 0) is 49.9 Å². The lowest BCUT2D eigenvalue weighted by molar-refractivity contribution is 0.406. The summed E-state index contributed by atoms with van der Waals surface area (Å²) >= 11 is 0. The second kappa shape index (κ2) is 6.77. The molecule has 0 spiro atoms. The molecule has 0 bridgehead atoms. The van der Waals surface area contributed by atoms with Gasteiger partial charge < -0.3 is 10.5 Å². The lowest BCUT2D eigenvalue weighted by Crippen LogP contribution is -2.11. The first-order chi connectivity index (χ1) is 11.1. The minimum Gasteiger partial charge on any atom is -0.439 e. The van der Waals surface area contributed by atoms with Crippen LogP contribution in [-0.4, -0.2) is 15.8 Å². The Morgan fingerprint density at radius 1 is 1.13 bits per heavy atom. The van der Waals surface area contributed by atoms with Crippen LogP contribution in [0.4, 0.5) is 0 Å². The van der Waals surface area contributed by atoms with Gasteiger partial charge in [-0.15, -0.1) is 0 Å². The van der Waals surface area contributed by atoms with E-state index >= 15 is 0 Å². The number of nitrogens with zero attached hydrogens (tertiary/aromatic N) is 2. The van der Waals surface area contributed by atoms with Gasteiger partial charge in [-0.2, -0.15) is 0 Å². The molecule has 3 N–H and O–H groups in total. The maximum absolute atomic E-state index is 7.44. The number of rotatable bonds is 4. The van der Waals surface area contributed by atoms with Crippen molar-refractivity contribution in [2.75, 3.05) is 0 Å². The smallest absolute Gasteiger partial charge is 0.226 e. The molecule has 0 aliphatic heterocycles. The number of aromatic nitrogens is 2. The summed E-state index contributed by atoms with van der Waals surface area (Å²) in [6, 6.07) is 7.20. The van der Waals surface area contributed by atoms with Gasteiger partial charge in [-0.1, -0.05) is 19.3 Å². The SMILES string of the molecule is Cc1ncnc(Oc2ccc(C(=N)N)cc2)c1C1CCCCC1. The van der Waals surface area contributed by atoms with Crippen LogP contribution >= 0.6 is 0 Å². The molecule has 2 aromatic rings. The van der Waals surface area contributed by atoms with Crippen LogP contribution in [0.3, 0.4) is 0 Å². The lowest BCUT2D eigenvalue weighted by Gasteiger charge is -2.24. The number of aryl methyl sites for hydroxylation is 1. The fourth-order valence-corrected chi connectivity index (χ4v) is 3.22. The molecule has 1 aromatic carbocycles. The summed E-state index contributed by atoms with van der Waals surface area (Å²) in [6.45, 7) is 2.03. The topological polar surface area (TPSA) is 84.9 Å². The van der Waals surface area contributed by atoms with E-state index in [0.29, 0.717) is 23.1 Å². The van der Waals surface area contributed by atoms with Crippen LogP contribution in [0.15, 0.2) is 30.6 Å². The molecule has 23 heavy (non-hydrogen) atoms. The van der Waals surface area contributed by atoms with E-state index in [9.17, 15) is 0 Å². The number of ether oxygens (including phenoxy) is 1. The third-order valence-electron chi connectivity index (χ3n) is 4.44. The number of nitrogen functional groups attached to an aromatic ring is 1. The molecule has 5 heteroatoms. The summed E-state index contributed by atoms with van der Waals surface area (Å²) in [6.07, 6.45) is 7.73. The van der Waals surface area contributed by atoms with Crippen LogP contribution in [0.1, 0.15) is 54.8 Å². The molecule has 3 rings (SSSR count). The zero-order valence-electron chi connectivity index (χ0n) is 13.4. The zero-order valence-corrected chi connectivity index (χ0v) is 13.4. The highest BCUT2D eigenvalue weighted by Crippen LogP contribution is 2.39. The van der Waals surface area contributed by atoms with Gasteiger partial charge in [0.1, 0.15) is 17.9 Å². The summed E-state index contributed by atoms with van der Waals surface area (Å²) < 4.78 is 6.02. The van der Waals surface area contributed by atoms with E-state index in [1.165, 1.54) is 32.1 Å². The van der Waals surface area contributed by atoms with E-state index in [2.05, 4.69) is 9.97 Å². The number of hydrogen-bond donors (Lipinski definition) is 2. The molecule has 0 radical (unpaired) electrons. The van der Waals surface area contributed by atoms with Crippen LogP contribution in [0.5, 0.6) is 11.6 Å². The molecule has 1 fully saturated rings. The van der Waals surface area contributed by atoms with Gasteiger partial charge in [0.05, 0.1) is 0 Å². The van der Waals surface area contributed by atoms with Crippen molar-refractivity contribution in [3.8, 4) is 11.6 Å². The molecule has 0 unspecified atom stereocenters. The van der Waals surface area contributed by atoms with Crippen LogP contribution in [-0.2, 0) is 0 Å².